The van der Waals surface area contributed by atoms with Crippen molar-refractivity contribution in [3.63, 3.8) is 0 Å². The Labute approximate surface area is 134 Å². The third-order valence-corrected chi connectivity index (χ3v) is 4.65. The Balaban J connectivity index is 2.18. The van der Waals surface area contributed by atoms with Gasteiger partial charge in [0.05, 0.1) is 5.54 Å². The number of hydrogen-bond acceptors (Lipinski definition) is 2. The Morgan fingerprint density at radius 3 is 2.77 bits per heavy atom. The summed E-state index contributed by atoms with van der Waals surface area (Å²) < 4.78 is 0. The zero-order chi connectivity index (χ0) is 16.4. The van der Waals surface area contributed by atoms with Crippen LogP contribution >= 0.6 is 0 Å². The molecule has 1 atom stereocenters. The predicted octanol–water partition coefficient (Wildman–Crippen LogP) is 3.96. The number of rotatable bonds is 4. The molecule has 0 aliphatic carbocycles. The highest BCUT2D eigenvalue weighted by atomic mass is 16.2. The van der Waals surface area contributed by atoms with Crippen molar-refractivity contribution in [1.29, 1.82) is 0 Å². The molecule has 0 radical (unpaired) electrons. The van der Waals surface area contributed by atoms with E-state index in [1.165, 1.54) is 11.6 Å². The molecule has 1 aliphatic heterocycles. The molecule has 0 bridgehead atoms. The van der Waals surface area contributed by atoms with Gasteiger partial charge in [-0.15, -0.1) is 0 Å². The van der Waals surface area contributed by atoms with E-state index >= 15 is 0 Å². The molecular weight excluding hydrogens is 272 g/mol. The molecule has 1 aliphatic rings. The largest absolute Gasteiger partial charge is 0.378 e. The van der Waals surface area contributed by atoms with E-state index in [2.05, 4.69) is 63.9 Å². The highest BCUT2D eigenvalue weighted by Crippen LogP contribution is 2.31. The molecule has 120 valence electrons. The Bertz CT molecular complexity index is 559. The lowest BCUT2D eigenvalue weighted by Gasteiger charge is -2.31. The first-order chi connectivity index (χ1) is 10.3. The molecular formula is C19H28N2O. The van der Waals surface area contributed by atoms with Crippen molar-refractivity contribution in [2.75, 3.05) is 18.4 Å². The van der Waals surface area contributed by atoms with Crippen LogP contribution in [0.4, 0.5) is 5.69 Å². The molecule has 1 saturated heterocycles. The van der Waals surface area contributed by atoms with Crippen LogP contribution in [-0.2, 0) is 10.2 Å². The molecule has 3 heteroatoms. The van der Waals surface area contributed by atoms with E-state index in [-0.39, 0.29) is 16.9 Å². The maximum absolute atomic E-state index is 11.8. The van der Waals surface area contributed by atoms with Crippen molar-refractivity contribution in [2.45, 2.75) is 51.5 Å². The summed E-state index contributed by atoms with van der Waals surface area (Å²) in [4.78, 5) is 13.7. The lowest BCUT2D eigenvalue weighted by Crippen LogP contribution is -2.41. The van der Waals surface area contributed by atoms with Crippen LogP contribution in [-0.4, -0.2) is 29.4 Å². The highest BCUT2D eigenvalue weighted by molar-refractivity contribution is 5.87. The van der Waals surface area contributed by atoms with Gasteiger partial charge in [0.2, 0.25) is 5.91 Å². The predicted molar refractivity (Wildman–Crippen MR) is 93.2 cm³/mol. The first kappa shape index (κ1) is 16.6. The Kier molecular flexibility index (Phi) is 4.64. The van der Waals surface area contributed by atoms with Crippen LogP contribution in [0.1, 0.15) is 46.1 Å². The summed E-state index contributed by atoms with van der Waals surface area (Å²) in [5.74, 6) is 0.0283. The minimum atomic E-state index is -0.0326. The van der Waals surface area contributed by atoms with E-state index in [9.17, 15) is 4.79 Å². The van der Waals surface area contributed by atoms with Gasteiger partial charge >= 0.3 is 0 Å². The maximum Gasteiger partial charge on any atom is 0.246 e. The molecule has 2 rings (SSSR count). The molecule has 1 amide bonds. The molecule has 1 aromatic carbocycles. The van der Waals surface area contributed by atoms with Gasteiger partial charge in [-0.05, 0) is 42.0 Å². The summed E-state index contributed by atoms with van der Waals surface area (Å²) in [5.41, 5.74) is 2.56. The third-order valence-electron chi connectivity index (χ3n) is 4.65. The van der Waals surface area contributed by atoms with Gasteiger partial charge in [0.1, 0.15) is 0 Å². The van der Waals surface area contributed by atoms with Gasteiger partial charge in [-0.2, -0.15) is 0 Å². The SMILES string of the molecule is C=CC(=O)N1CCC(CC)(Nc2cccc(C(C)(C)C)c2)C1. The average Bonchev–Trinajstić information content (AvgIpc) is 2.90. The van der Waals surface area contributed by atoms with E-state index in [0.717, 1.165) is 31.6 Å². The second kappa shape index (κ2) is 6.15. The van der Waals surface area contributed by atoms with Gasteiger partial charge in [-0.1, -0.05) is 46.4 Å². The molecule has 3 nitrogen and oxygen atoms in total. The molecule has 0 aromatic heterocycles. The van der Waals surface area contributed by atoms with Gasteiger partial charge in [0.15, 0.2) is 0 Å². The first-order valence-corrected chi connectivity index (χ1v) is 8.10. The van der Waals surface area contributed by atoms with Crippen LogP contribution in [0, 0.1) is 0 Å². The normalized spacial score (nSPS) is 21.7. The van der Waals surface area contributed by atoms with Crippen molar-refractivity contribution in [2.24, 2.45) is 0 Å². The number of anilines is 1. The topological polar surface area (TPSA) is 32.3 Å². The number of amides is 1. The molecule has 1 N–H and O–H groups in total. The Morgan fingerprint density at radius 2 is 2.18 bits per heavy atom. The fraction of sp³-hybridized carbons (Fsp3) is 0.526. The van der Waals surface area contributed by atoms with Gasteiger partial charge in [-0.25, -0.2) is 0 Å². The molecule has 0 spiro atoms. The zero-order valence-corrected chi connectivity index (χ0v) is 14.3. The number of hydrogen-bond donors (Lipinski definition) is 1. The van der Waals surface area contributed by atoms with Crippen molar-refractivity contribution in [1.82, 2.24) is 4.90 Å². The monoisotopic (exact) mass is 300 g/mol. The van der Waals surface area contributed by atoms with Crippen molar-refractivity contribution < 1.29 is 4.79 Å². The number of carbonyl (C=O) groups excluding carboxylic acids is 1. The fourth-order valence-electron chi connectivity index (χ4n) is 3.04. The number of likely N-dealkylation sites (tertiary alicyclic amines) is 1. The number of benzene rings is 1. The first-order valence-electron chi connectivity index (χ1n) is 8.10. The van der Waals surface area contributed by atoms with Crippen LogP contribution < -0.4 is 5.32 Å². The molecule has 1 unspecified atom stereocenters. The van der Waals surface area contributed by atoms with Crippen LogP contribution in [0.25, 0.3) is 0 Å². The van der Waals surface area contributed by atoms with Gasteiger partial charge in [0.25, 0.3) is 0 Å². The second-order valence-corrected chi connectivity index (χ2v) is 7.30. The summed E-state index contributed by atoms with van der Waals surface area (Å²) in [5, 5.41) is 3.70. The highest BCUT2D eigenvalue weighted by Gasteiger charge is 2.38. The molecule has 1 heterocycles. The molecule has 1 aromatic rings. The van der Waals surface area contributed by atoms with E-state index in [0.29, 0.717) is 0 Å². The van der Waals surface area contributed by atoms with Crippen LogP contribution in [0.2, 0.25) is 0 Å². The van der Waals surface area contributed by atoms with Crippen LogP contribution in [0.5, 0.6) is 0 Å². The summed E-state index contributed by atoms with van der Waals surface area (Å²) in [6.45, 7) is 14.0. The molecule has 22 heavy (non-hydrogen) atoms. The van der Waals surface area contributed by atoms with Crippen LogP contribution in [0.3, 0.4) is 0 Å². The number of nitrogens with zero attached hydrogens (tertiary/aromatic N) is 1. The summed E-state index contributed by atoms with van der Waals surface area (Å²) >= 11 is 0. The fourth-order valence-corrected chi connectivity index (χ4v) is 3.04. The average molecular weight is 300 g/mol. The lowest BCUT2D eigenvalue weighted by atomic mass is 9.86. The standard InChI is InChI=1S/C19H28N2O/c1-6-17(22)21-12-11-19(7-2,14-21)20-16-10-8-9-15(13-16)18(3,4)5/h6,8-10,13,20H,1,7,11-12,14H2,2-5H3. The van der Waals surface area contributed by atoms with Crippen molar-refractivity contribution in [3.8, 4) is 0 Å². The number of carbonyl (C=O) groups is 1. The maximum atomic E-state index is 11.8. The zero-order valence-electron chi connectivity index (χ0n) is 14.3. The Morgan fingerprint density at radius 1 is 1.45 bits per heavy atom. The minimum Gasteiger partial charge on any atom is -0.378 e. The molecule has 0 saturated carbocycles. The quantitative estimate of drug-likeness (QED) is 0.854. The van der Waals surface area contributed by atoms with E-state index in [1.807, 2.05) is 4.90 Å². The third kappa shape index (κ3) is 3.52. The van der Waals surface area contributed by atoms with Crippen molar-refractivity contribution in [3.05, 3.63) is 42.5 Å². The van der Waals surface area contributed by atoms with Gasteiger partial charge in [-0.3, -0.25) is 4.79 Å². The second-order valence-electron chi connectivity index (χ2n) is 7.30. The van der Waals surface area contributed by atoms with E-state index in [1.54, 1.807) is 0 Å². The Hall–Kier alpha value is -1.77. The summed E-state index contributed by atoms with van der Waals surface area (Å²) in [6.07, 6.45) is 3.38. The lowest BCUT2D eigenvalue weighted by molar-refractivity contribution is -0.125. The minimum absolute atomic E-state index is 0.0283. The van der Waals surface area contributed by atoms with E-state index in [4.69, 9.17) is 0 Å². The number of nitrogens with one attached hydrogen (secondary N) is 1. The smallest absolute Gasteiger partial charge is 0.246 e. The van der Waals surface area contributed by atoms with E-state index < -0.39 is 0 Å². The summed E-state index contributed by atoms with van der Waals surface area (Å²) in [6, 6.07) is 8.62. The molecule has 1 fully saturated rings. The van der Waals surface area contributed by atoms with Gasteiger partial charge < -0.3 is 10.2 Å². The van der Waals surface area contributed by atoms with Crippen LogP contribution in [0.15, 0.2) is 36.9 Å². The van der Waals surface area contributed by atoms with Crippen molar-refractivity contribution >= 4 is 11.6 Å². The summed E-state index contributed by atoms with van der Waals surface area (Å²) in [7, 11) is 0. The van der Waals surface area contributed by atoms with Gasteiger partial charge in [0, 0.05) is 18.8 Å².